The van der Waals surface area contributed by atoms with Crippen molar-refractivity contribution in [3.63, 3.8) is 0 Å². The van der Waals surface area contributed by atoms with Gasteiger partial charge in [0.2, 0.25) is 7.51 Å². The second-order valence-electron chi connectivity index (χ2n) is 2.66. The van der Waals surface area contributed by atoms with E-state index in [2.05, 4.69) is 4.74 Å². The molecule has 134 valence electrons. The lowest BCUT2D eigenvalue weighted by Gasteiger charge is -2.19. The summed E-state index contributed by atoms with van der Waals surface area (Å²) in [5.74, 6) is 0. The minimum atomic E-state index is -2.04. The van der Waals surface area contributed by atoms with Crippen molar-refractivity contribution < 1.29 is 18.5 Å². The Kier molecular flexibility index (Phi) is 58.6. The summed E-state index contributed by atoms with van der Waals surface area (Å²) in [4.78, 5) is 0. The highest BCUT2D eigenvalue weighted by molar-refractivity contribution is 7.55. The molecule has 6 heteroatoms. The van der Waals surface area contributed by atoms with Gasteiger partial charge in [0.1, 0.15) is 0 Å². The van der Waals surface area contributed by atoms with Crippen molar-refractivity contribution in [2.45, 2.75) is 44.6 Å². The lowest BCUT2D eigenvalue weighted by atomic mass is 10.8. The second-order valence-corrected chi connectivity index (χ2v) is 5.18. The van der Waals surface area contributed by atoms with Crippen LogP contribution in [0.25, 0.3) is 0 Å². The summed E-state index contributed by atoms with van der Waals surface area (Å²) in [5.41, 5.74) is 0. The molecule has 0 atom stereocenters. The maximum Gasteiger partial charge on any atom is 0.209 e. The third-order valence-corrected chi connectivity index (χ3v) is 3.65. The summed E-state index contributed by atoms with van der Waals surface area (Å²) in [5, 5.41) is 0. The monoisotopic (exact) mass is 321 g/mol. The zero-order valence-corrected chi connectivity index (χ0v) is 10.3. The fourth-order valence-corrected chi connectivity index (χ4v) is 1.86. The largest absolute Gasteiger partial charge is 0.382 e. The van der Waals surface area contributed by atoms with Crippen LogP contribution >= 0.6 is 7.51 Å². The van der Waals surface area contributed by atoms with E-state index >= 15 is 0 Å². The van der Waals surface area contributed by atoms with Crippen LogP contribution in [0.5, 0.6) is 0 Å². The molecule has 0 aliphatic carbocycles. The van der Waals surface area contributed by atoms with Crippen LogP contribution in [0.15, 0.2) is 4.74 Å². The molecule has 0 fully saturated rings. The topological polar surface area (TPSA) is 49.3 Å². The Bertz CT molecular complexity index is 176. The molecular weight excluding hydrogens is 277 g/mol. The molecule has 20 heavy (non-hydrogen) atoms. The second kappa shape index (κ2) is 27.4. The Balaban J connectivity index is -0.0000000563. The van der Waals surface area contributed by atoms with Gasteiger partial charge < -0.3 is 18.5 Å². The molecule has 0 heterocycles. The SMILES string of the molecule is C.C.C.C.C.C.CN=P(C)(OCCOC)OCCOC. The van der Waals surface area contributed by atoms with E-state index in [1.807, 2.05) is 6.66 Å². The normalized spacial score (nSPS) is 8.20. The number of methoxy groups -OCH3 is 2. The smallest absolute Gasteiger partial charge is 0.209 e. The quantitative estimate of drug-likeness (QED) is 0.442. The summed E-state index contributed by atoms with van der Waals surface area (Å²) >= 11 is 0. The van der Waals surface area contributed by atoms with Crippen LogP contribution in [0.3, 0.4) is 0 Å². The summed E-state index contributed by atoms with van der Waals surface area (Å²) in [7, 11) is 2.92. The van der Waals surface area contributed by atoms with Gasteiger partial charge in [-0.3, -0.25) is 4.74 Å². The Labute approximate surface area is 130 Å². The fraction of sp³-hybridized carbons (Fsp3) is 1.00. The Morgan fingerprint density at radius 3 is 1.20 bits per heavy atom. The molecule has 0 rings (SSSR count). The highest BCUT2D eigenvalue weighted by Gasteiger charge is 2.12. The van der Waals surface area contributed by atoms with Crippen LogP contribution in [0, 0.1) is 0 Å². The average Bonchev–Trinajstić information content (AvgIpc) is 2.19. The molecule has 0 amide bonds. The molecule has 0 aromatic rings. The van der Waals surface area contributed by atoms with Gasteiger partial charge in [0.05, 0.1) is 26.4 Å². The van der Waals surface area contributed by atoms with E-state index in [0.29, 0.717) is 26.4 Å². The number of hydrogen-bond acceptors (Lipinski definition) is 5. The Hall–Kier alpha value is 0.0700. The molecule has 0 saturated heterocycles. The van der Waals surface area contributed by atoms with Crippen molar-refractivity contribution in [3.8, 4) is 0 Å². The van der Waals surface area contributed by atoms with E-state index < -0.39 is 7.51 Å². The molecule has 0 unspecified atom stereocenters. The van der Waals surface area contributed by atoms with Gasteiger partial charge in [-0.2, -0.15) is 0 Å². The Morgan fingerprint density at radius 1 is 0.700 bits per heavy atom. The highest BCUT2D eigenvalue weighted by Crippen LogP contribution is 2.47. The molecular formula is C14H44NO4P. The van der Waals surface area contributed by atoms with Gasteiger partial charge >= 0.3 is 0 Å². The number of ether oxygens (including phenoxy) is 2. The van der Waals surface area contributed by atoms with E-state index in [9.17, 15) is 0 Å². The van der Waals surface area contributed by atoms with Crippen molar-refractivity contribution in [2.24, 2.45) is 4.74 Å². The summed E-state index contributed by atoms with van der Waals surface area (Å²) in [6.07, 6.45) is 0. The van der Waals surface area contributed by atoms with Crippen molar-refractivity contribution in [1.82, 2.24) is 0 Å². The van der Waals surface area contributed by atoms with E-state index in [1.54, 1.807) is 21.3 Å². The first-order chi connectivity index (χ1) is 6.68. The van der Waals surface area contributed by atoms with Gasteiger partial charge in [0.25, 0.3) is 0 Å². The molecule has 0 N–H and O–H groups in total. The maximum absolute atomic E-state index is 5.51. The van der Waals surface area contributed by atoms with Crippen LogP contribution in [0.1, 0.15) is 44.6 Å². The van der Waals surface area contributed by atoms with Crippen LogP contribution in [0.2, 0.25) is 0 Å². The van der Waals surface area contributed by atoms with Gasteiger partial charge in [-0.1, -0.05) is 44.6 Å². The van der Waals surface area contributed by atoms with Crippen LogP contribution in [-0.2, 0) is 18.5 Å². The van der Waals surface area contributed by atoms with Gasteiger partial charge in [-0.05, 0) is 0 Å². The minimum absolute atomic E-state index is 0. The molecule has 0 radical (unpaired) electrons. The fourth-order valence-electron chi connectivity index (χ4n) is 0.733. The first-order valence-electron chi connectivity index (χ1n) is 4.43. The number of hydrogen-bond donors (Lipinski definition) is 0. The molecule has 0 aromatic heterocycles. The molecule has 0 saturated carbocycles. The standard InChI is InChI=1S/C8H20NO4P.6CH4/c1-9-14(4,12-7-5-10-2)13-8-6-11-3;;;;;;/h5-8H2,1-4H3;6*1H4. The van der Waals surface area contributed by atoms with Gasteiger partial charge in [-0.25, -0.2) is 0 Å². The highest BCUT2D eigenvalue weighted by atomic mass is 31.2. The van der Waals surface area contributed by atoms with E-state index in [-0.39, 0.29) is 44.6 Å². The first-order valence-corrected chi connectivity index (χ1v) is 6.46. The molecule has 0 aliphatic rings. The summed E-state index contributed by atoms with van der Waals surface area (Å²) in [6.45, 7) is 3.99. The van der Waals surface area contributed by atoms with E-state index in [4.69, 9.17) is 18.5 Å². The van der Waals surface area contributed by atoms with Crippen LogP contribution in [-0.4, -0.2) is 54.4 Å². The maximum atomic E-state index is 5.51. The summed E-state index contributed by atoms with van der Waals surface area (Å²) in [6, 6.07) is 0. The number of rotatable bonds is 8. The minimum Gasteiger partial charge on any atom is -0.382 e. The van der Waals surface area contributed by atoms with Crippen LogP contribution < -0.4 is 0 Å². The van der Waals surface area contributed by atoms with Crippen LogP contribution in [0.4, 0.5) is 0 Å². The molecule has 0 aliphatic heterocycles. The number of nitrogens with zero attached hydrogens (tertiary/aromatic N) is 1. The zero-order valence-electron chi connectivity index (χ0n) is 9.36. The predicted molar refractivity (Wildman–Crippen MR) is 97.2 cm³/mol. The third-order valence-electron chi connectivity index (χ3n) is 1.60. The van der Waals surface area contributed by atoms with Crippen molar-refractivity contribution in [1.29, 1.82) is 0 Å². The van der Waals surface area contributed by atoms with Crippen molar-refractivity contribution in [2.75, 3.05) is 54.4 Å². The van der Waals surface area contributed by atoms with Gasteiger partial charge in [0, 0.05) is 27.9 Å². The molecule has 0 spiro atoms. The van der Waals surface area contributed by atoms with Crippen molar-refractivity contribution in [3.05, 3.63) is 0 Å². The summed E-state index contributed by atoms with van der Waals surface area (Å²) < 4.78 is 24.9. The molecule has 5 nitrogen and oxygen atoms in total. The zero-order chi connectivity index (χ0) is 10.9. The molecule has 0 aromatic carbocycles. The van der Waals surface area contributed by atoms with E-state index in [1.165, 1.54) is 0 Å². The molecule has 0 bridgehead atoms. The lowest BCUT2D eigenvalue weighted by Crippen LogP contribution is -2.05. The Morgan fingerprint density at radius 2 is 1.00 bits per heavy atom. The first kappa shape index (κ1) is 42.7. The van der Waals surface area contributed by atoms with E-state index in [0.717, 1.165) is 0 Å². The van der Waals surface area contributed by atoms with Gasteiger partial charge in [0.15, 0.2) is 0 Å². The predicted octanol–water partition coefficient (Wildman–Crippen LogP) is 5.42. The lowest BCUT2D eigenvalue weighted by molar-refractivity contribution is 0.119. The third kappa shape index (κ3) is 23.2. The van der Waals surface area contributed by atoms with Gasteiger partial charge in [-0.15, -0.1) is 0 Å². The average molecular weight is 321 g/mol. The van der Waals surface area contributed by atoms with Crippen molar-refractivity contribution >= 4 is 7.51 Å².